The van der Waals surface area contributed by atoms with Gasteiger partial charge in [0, 0.05) is 23.7 Å². The standard InChI is InChI=1S/C18H25FN2O2/c1-11(2)21-13(5)15(18(20-21)23-12(3)4)9-14-7-8-17(22-6)16(19)10-14/h7-8,10-12H,9H2,1-6H3. The molecule has 23 heavy (non-hydrogen) atoms. The minimum absolute atomic E-state index is 0.0382. The summed E-state index contributed by atoms with van der Waals surface area (Å²) in [7, 11) is 1.46. The fourth-order valence-electron chi connectivity index (χ4n) is 2.57. The predicted molar refractivity (Wildman–Crippen MR) is 88.9 cm³/mol. The largest absolute Gasteiger partial charge is 0.494 e. The van der Waals surface area contributed by atoms with Crippen molar-refractivity contribution in [2.24, 2.45) is 0 Å². The molecular weight excluding hydrogens is 295 g/mol. The van der Waals surface area contributed by atoms with Crippen LogP contribution in [0.25, 0.3) is 0 Å². The van der Waals surface area contributed by atoms with Crippen LogP contribution in [0.4, 0.5) is 4.39 Å². The quantitative estimate of drug-likeness (QED) is 0.796. The van der Waals surface area contributed by atoms with Crippen molar-refractivity contribution in [3.8, 4) is 11.6 Å². The van der Waals surface area contributed by atoms with Crippen molar-refractivity contribution >= 4 is 0 Å². The number of halogens is 1. The molecule has 1 aromatic carbocycles. The molecule has 0 radical (unpaired) electrons. The molecule has 0 unspecified atom stereocenters. The van der Waals surface area contributed by atoms with Gasteiger partial charge in [0.25, 0.3) is 0 Å². The number of benzene rings is 1. The highest BCUT2D eigenvalue weighted by Crippen LogP contribution is 2.28. The predicted octanol–water partition coefficient (Wildman–Crippen LogP) is 4.30. The molecule has 2 rings (SSSR count). The van der Waals surface area contributed by atoms with E-state index >= 15 is 0 Å². The lowest BCUT2D eigenvalue weighted by Crippen LogP contribution is -2.08. The maximum Gasteiger partial charge on any atom is 0.236 e. The SMILES string of the molecule is COc1ccc(Cc2c(OC(C)C)nn(C(C)C)c2C)cc1F. The number of methoxy groups -OCH3 is 1. The molecule has 0 saturated heterocycles. The van der Waals surface area contributed by atoms with Crippen molar-refractivity contribution in [1.82, 2.24) is 9.78 Å². The van der Waals surface area contributed by atoms with E-state index in [0.29, 0.717) is 12.3 Å². The average molecular weight is 320 g/mol. The topological polar surface area (TPSA) is 36.3 Å². The first kappa shape index (κ1) is 17.3. The van der Waals surface area contributed by atoms with Crippen LogP contribution in [-0.4, -0.2) is 23.0 Å². The van der Waals surface area contributed by atoms with E-state index in [4.69, 9.17) is 9.47 Å². The molecular formula is C18H25FN2O2. The molecule has 0 fully saturated rings. The normalized spacial score (nSPS) is 11.3. The summed E-state index contributed by atoms with van der Waals surface area (Å²) in [5, 5.41) is 4.58. The maximum absolute atomic E-state index is 13.9. The minimum atomic E-state index is -0.356. The van der Waals surface area contributed by atoms with Crippen LogP contribution in [0.2, 0.25) is 0 Å². The van der Waals surface area contributed by atoms with Crippen LogP contribution in [0.1, 0.15) is 50.6 Å². The summed E-state index contributed by atoms with van der Waals surface area (Å²) in [6.45, 7) is 10.1. The van der Waals surface area contributed by atoms with E-state index in [1.807, 2.05) is 31.5 Å². The maximum atomic E-state index is 13.9. The summed E-state index contributed by atoms with van der Waals surface area (Å²) in [6, 6.07) is 5.26. The molecule has 1 heterocycles. The molecule has 0 aliphatic rings. The van der Waals surface area contributed by atoms with Crippen LogP contribution in [-0.2, 0) is 6.42 Å². The summed E-state index contributed by atoms with van der Waals surface area (Å²) in [5.41, 5.74) is 2.91. The van der Waals surface area contributed by atoms with Gasteiger partial charge >= 0.3 is 0 Å². The fourth-order valence-corrected chi connectivity index (χ4v) is 2.57. The van der Waals surface area contributed by atoms with Gasteiger partial charge in [0.2, 0.25) is 5.88 Å². The number of aromatic nitrogens is 2. The van der Waals surface area contributed by atoms with E-state index in [9.17, 15) is 4.39 Å². The molecule has 0 bridgehead atoms. The van der Waals surface area contributed by atoms with Gasteiger partial charge in [-0.3, -0.25) is 4.68 Å². The summed E-state index contributed by atoms with van der Waals surface area (Å²) >= 11 is 0. The van der Waals surface area contributed by atoms with Crippen molar-refractivity contribution in [2.75, 3.05) is 7.11 Å². The van der Waals surface area contributed by atoms with Gasteiger partial charge in [-0.15, -0.1) is 5.10 Å². The molecule has 126 valence electrons. The number of hydrogen-bond donors (Lipinski definition) is 0. The summed E-state index contributed by atoms with van der Waals surface area (Å²) in [5.74, 6) is 0.523. The molecule has 0 amide bonds. The summed E-state index contributed by atoms with van der Waals surface area (Å²) < 4.78 is 26.7. The Hall–Kier alpha value is -2.04. The second kappa shape index (κ2) is 7.02. The molecule has 0 N–H and O–H groups in total. The fraction of sp³-hybridized carbons (Fsp3) is 0.500. The Morgan fingerprint density at radius 1 is 1.22 bits per heavy atom. The molecule has 0 aliphatic carbocycles. The van der Waals surface area contributed by atoms with Gasteiger partial charge in [0.05, 0.1) is 13.2 Å². The molecule has 0 saturated carbocycles. The van der Waals surface area contributed by atoms with Gasteiger partial charge < -0.3 is 9.47 Å². The molecule has 0 atom stereocenters. The second-order valence-corrected chi connectivity index (χ2v) is 6.22. The highest BCUT2D eigenvalue weighted by Gasteiger charge is 2.19. The number of ether oxygens (including phenoxy) is 2. The average Bonchev–Trinajstić information content (AvgIpc) is 2.76. The van der Waals surface area contributed by atoms with Crippen LogP contribution in [0.3, 0.4) is 0 Å². The Kier molecular flexibility index (Phi) is 5.29. The summed E-state index contributed by atoms with van der Waals surface area (Å²) in [4.78, 5) is 0. The molecule has 4 nitrogen and oxygen atoms in total. The Balaban J connectivity index is 2.39. The van der Waals surface area contributed by atoms with E-state index in [2.05, 4.69) is 18.9 Å². The zero-order chi connectivity index (χ0) is 17.1. The van der Waals surface area contributed by atoms with Gasteiger partial charge in [0.1, 0.15) is 0 Å². The van der Waals surface area contributed by atoms with Crippen molar-refractivity contribution < 1.29 is 13.9 Å². The smallest absolute Gasteiger partial charge is 0.236 e. The zero-order valence-corrected chi connectivity index (χ0v) is 14.7. The van der Waals surface area contributed by atoms with Crippen molar-refractivity contribution in [3.63, 3.8) is 0 Å². The third-order valence-corrected chi connectivity index (χ3v) is 3.67. The van der Waals surface area contributed by atoms with Crippen LogP contribution in [0.15, 0.2) is 18.2 Å². The van der Waals surface area contributed by atoms with Crippen LogP contribution < -0.4 is 9.47 Å². The minimum Gasteiger partial charge on any atom is -0.494 e. The first-order chi connectivity index (χ1) is 10.8. The zero-order valence-electron chi connectivity index (χ0n) is 14.7. The number of nitrogens with zero attached hydrogens (tertiary/aromatic N) is 2. The lowest BCUT2D eigenvalue weighted by atomic mass is 10.0. The molecule has 1 aromatic heterocycles. The van der Waals surface area contributed by atoms with Crippen molar-refractivity contribution in [1.29, 1.82) is 0 Å². The van der Waals surface area contributed by atoms with Gasteiger partial charge in [-0.25, -0.2) is 4.39 Å². The Labute approximate surface area is 137 Å². The van der Waals surface area contributed by atoms with Gasteiger partial charge in [0.15, 0.2) is 11.6 Å². The third kappa shape index (κ3) is 3.84. The third-order valence-electron chi connectivity index (χ3n) is 3.67. The van der Waals surface area contributed by atoms with Crippen LogP contribution >= 0.6 is 0 Å². The van der Waals surface area contributed by atoms with Gasteiger partial charge in [-0.05, 0) is 52.3 Å². The Bertz CT molecular complexity index is 678. The molecule has 2 aromatic rings. The van der Waals surface area contributed by atoms with Crippen LogP contribution in [0, 0.1) is 12.7 Å². The second-order valence-electron chi connectivity index (χ2n) is 6.22. The van der Waals surface area contributed by atoms with Crippen molar-refractivity contribution in [3.05, 3.63) is 40.8 Å². The summed E-state index contributed by atoms with van der Waals surface area (Å²) in [6.07, 6.45) is 0.609. The number of rotatable bonds is 6. The first-order valence-corrected chi connectivity index (χ1v) is 7.90. The number of hydrogen-bond acceptors (Lipinski definition) is 3. The van der Waals surface area contributed by atoms with E-state index in [-0.39, 0.29) is 23.7 Å². The lowest BCUT2D eigenvalue weighted by molar-refractivity contribution is 0.227. The first-order valence-electron chi connectivity index (χ1n) is 7.90. The Morgan fingerprint density at radius 2 is 1.91 bits per heavy atom. The highest BCUT2D eigenvalue weighted by atomic mass is 19.1. The van der Waals surface area contributed by atoms with Gasteiger partial charge in [-0.2, -0.15) is 0 Å². The highest BCUT2D eigenvalue weighted by molar-refractivity contribution is 5.38. The van der Waals surface area contributed by atoms with E-state index in [0.717, 1.165) is 16.8 Å². The van der Waals surface area contributed by atoms with Gasteiger partial charge in [-0.1, -0.05) is 6.07 Å². The molecule has 0 spiro atoms. The molecule has 0 aliphatic heterocycles. The lowest BCUT2D eigenvalue weighted by Gasteiger charge is -2.10. The van der Waals surface area contributed by atoms with Crippen molar-refractivity contribution in [2.45, 2.75) is 53.2 Å². The molecule has 5 heteroatoms. The van der Waals surface area contributed by atoms with E-state index in [1.165, 1.54) is 13.2 Å². The van der Waals surface area contributed by atoms with E-state index < -0.39 is 0 Å². The monoisotopic (exact) mass is 320 g/mol. The van der Waals surface area contributed by atoms with Crippen LogP contribution in [0.5, 0.6) is 11.6 Å². The van der Waals surface area contributed by atoms with E-state index in [1.54, 1.807) is 6.07 Å². The Morgan fingerprint density at radius 3 is 2.43 bits per heavy atom.